The molecular formula is C35H38F4N8O5S. The number of fused-ring (bicyclic) bond motifs is 3. The number of hydrogen-bond acceptors (Lipinski definition) is 10. The summed E-state index contributed by atoms with van der Waals surface area (Å²) in [7, 11) is -2.40. The zero-order valence-electron chi connectivity index (χ0n) is 29.3. The van der Waals surface area contributed by atoms with Crippen LogP contribution in [0.5, 0.6) is 0 Å². The predicted molar refractivity (Wildman–Crippen MR) is 185 cm³/mol. The van der Waals surface area contributed by atoms with Gasteiger partial charge in [0, 0.05) is 63.1 Å². The molecule has 2 atom stereocenters. The standard InChI is InChI=1S/C28H30F4N8O2.C7H8O3S/c1-13(2)26-36-28(42-37-26)39-6-4-14(5-7-39)38(3)27(41)25-23(32)24-21(11-34-25)40-12-20(33)16(9-22(40)35-24)15-8-18(30)19(31)10-17(15)29;1-6-2-4-7(5-3-6)11(8,9)10/h8,10-11,13-14,16,20H,4-7,9,12,33H2,1-3H3;2-5H,1H3,(H,8,9,10)/t16-,20+;/m1./s1. The number of carbonyl (C=O) groups excluding carboxylic acids is 1. The first-order chi connectivity index (χ1) is 25.0. The van der Waals surface area contributed by atoms with Gasteiger partial charge < -0.3 is 24.6 Å². The highest BCUT2D eigenvalue weighted by molar-refractivity contribution is 7.85. The average Bonchev–Trinajstić information content (AvgIpc) is 3.76. The van der Waals surface area contributed by atoms with E-state index < -0.39 is 51.3 Å². The Morgan fingerprint density at radius 1 is 1.04 bits per heavy atom. The first-order valence-electron chi connectivity index (χ1n) is 16.9. The fraction of sp³-hybridized carbons (Fsp3) is 0.400. The fourth-order valence-corrected chi connectivity index (χ4v) is 7.01. The van der Waals surface area contributed by atoms with Crippen LogP contribution in [0.2, 0.25) is 0 Å². The van der Waals surface area contributed by atoms with Crippen molar-refractivity contribution in [1.82, 2.24) is 29.6 Å². The van der Waals surface area contributed by atoms with E-state index in [9.17, 15) is 26.4 Å². The van der Waals surface area contributed by atoms with Crippen LogP contribution in [0.25, 0.3) is 11.0 Å². The molecule has 0 unspecified atom stereocenters. The largest absolute Gasteiger partial charge is 0.337 e. The smallest absolute Gasteiger partial charge is 0.324 e. The molecule has 0 radical (unpaired) electrons. The Morgan fingerprint density at radius 3 is 2.32 bits per heavy atom. The number of piperidine rings is 1. The predicted octanol–water partition coefficient (Wildman–Crippen LogP) is 5.14. The molecule has 18 heteroatoms. The number of carbonyl (C=O) groups is 1. The van der Waals surface area contributed by atoms with Crippen molar-refractivity contribution in [2.24, 2.45) is 5.73 Å². The second-order valence-corrected chi connectivity index (χ2v) is 15.0. The number of imidazole rings is 1. The van der Waals surface area contributed by atoms with E-state index in [2.05, 4.69) is 20.1 Å². The summed E-state index contributed by atoms with van der Waals surface area (Å²) >= 11 is 0. The quantitative estimate of drug-likeness (QED) is 0.133. The summed E-state index contributed by atoms with van der Waals surface area (Å²) in [5.74, 6) is -4.36. The second-order valence-electron chi connectivity index (χ2n) is 13.6. The third-order valence-corrected chi connectivity index (χ3v) is 10.5. The SMILES string of the molecule is CC(C)c1noc(N2CCC(N(C)C(=O)c3ncc4c(nc5n4C[C@H](N)[C@@H](c4cc(F)c(F)cc4F)C5)c3F)CC2)n1.Cc1ccc(S(=O)(=O)O)cc1. The van der Waals surface area contributed by atoms with E-state index in [1.54, 1.807) is 23.7 Å². The molecule has 2 aromatic carbocycles. The number of hydrogen-bond donors (Lipinski definition) is 2. The van der Waals surface area contributed by atoms with Crippen LogP contribution in [-0.4, -0.2) is 80.7 Å². The lowest BCUT2D eigenvalue weighted by molar-refractivity contribution is 0.0697. The number of aromatic nitrogens is 5. The molecule has 1 saturated heterocycles. The molecule has 1 amide bonds. The molecule has 2 aliphatic rings. The van der Waals surface area contributed by atoms with Gasteiger partial charge >= 0.3 is 6.01 Å². The second kappa shape index (κ2) is 14.8. The zero-order chi connectivity index (χ0) is 38.4. The number of anilines is 1. The Bertz CT molecular complexity index is 2260. The lowest BCUT2D eigenvalue weighted by Crippen LogP contribution is -2.46. The summed E-state index contributed by atoms with van der Waals surface area (Å²) in [4.78, 5) is 29.8. The number of amides is 1. The Balaban J connectivity index is 0.000000376. The molecule has 5 heterocycles. The van der Waals surface area contributed by atoms with E-state index in [-0.39, 0.29) is 46.6 Å². The van der Waals surface area contributed by atoms with Crippen molar-refractivity contribution in [1.29, 1.82) is 0 Å². The minimum absolute atomic E-state index is 0.0532. The monoisotopic (exact) mass is 758 g/mol. The summed E-state index contributed by atoms with van der Waals surface area (Å²) < 4.78 is 94.3. The topological polar surface area (TPSA) is 174 Å². The Labute approximate surface area is 302 Å². The number of rotatable bonds is 6. The number of nitrogens with two attached hydrogens (primary N) is 1. The normalized spacial score (nSPS) is 17.8. The Kier molecular flexibility index (Phi) is 10.6. The van der Waals surface area contributed by atoms with Crippen LogP contribution >= 0.6 is 0 Å². The number of nitrogens with zero attached hydrogens (tertiary/aromatic N) is 7. The first-order valence-corrected chi connectivity index (χ1v) is 18.3. The van der Waals surface area contributed by atoms with Crippen molar-refractivity contribution in [3.8, 4) is 0 Å². The van der Waals surface area contributed by atoms with E-state index in [1.807, 2.05) is 25.7 Å². The van der Waals surface area contributed by atoms with E-state index in [1.165, 1.54) is 23.2 Å². The molecule has 3 aromatic heterocycles. The van der Waals surface area contributed by atoms with Gasteiger partial charge in [-0.1, -0.05) is 36.7 Å². The number of halogens is 4. The van der Waals surface area contributed by atoms with Crippen LogP contribution < -0.4 is 10.6 Å². The lowest BCUT2D eigenvalue weighted by Gasteiger charge is -2.35. The highest BCUT2D eigenvalue weighted by Gasteiger charge is 2.35. The molecule has 53 heavy (non-hydrogen) atoms. The molecule has 1 fully saturated rings. The van der Waals surface area contributed by atoms with Crippen LogP contribution in [0.1, 0.15) is 71.8 Å². The van der Waals surface area contributed by atoms with E-state index in [0.29, 0.717) is 55.2 Å². The van der Waals surface area contributed by atoms with E-state index in [0.717, 1.165) is 11.6 Å². The van der Waals surface area contributed by atoms with E-state index in [4.69, 9.17) is 14.8 Å². The van der Waals surface area contributed by atoms with Crippen LogP contribution in [0, 0.1) is 30.2 Å². The minimum atomic E-state index is -4.02. The van der Waals surface area contributed by atoms with Crippen molar-refractivity contribution in [3.63, 3.8) is 0 Å². The third-order valence-electron chi connectivity index (χ3n) is 9.64. The van der Waals surface area contributed by atoms with Gasteiger partial charge in [-0.05, 0) is 43.5 Å². The van der Waals surface area contributed by atoms with E-state index >= 15 is 4.39 Å². The summed E-state index contributed by atoms with van der Waals surface area (Å²) in [5, 5.41) is 4.00. The third kappa shape index (κ3) is 7.75. The first kappa shape index (κ1) is 37.8. The van der Waals surface area contributed by atoms with Gasteiger partial charge in [0.1, 0.15) is 17.2 Å². The molecule has 0 spiro atoms. The maximum Gasteiger partial charge on any atom is 0.324 e. The molecular weight excluding hydrogens is 720 g/mol. The summed E-state index contributed by atoms with van der Waals surface area (Å²) in [5.41, 5.74) is 7.13. The van der Waals surface area contributed by atoms with Crippen LogP contribution in [-0.2, 0) is 23.1 Å². The molecule has 0 aliphatic carbocycles. The molecule has 282 valence electrons. The molecule has 0 saturated carbocycles. The summed E-state index contributed by atoms with van der Waals surface area (Å²) in [6.45, 7) is 7.10. The summed E-state index contributed by atoms with van der Waals surface area (Å²) in [6, 6.07) is 6.89. The van der Waals surface area contributed by atoms with Crippen LogP contribution in [0.4, 0.5) is 23.6 Å². The summed E-state index contributed by atoms with van der Waals surface area (Å²) in [6.07, 6.45) is 2.68. The van der Waals surface area contributed by atoms with Crippen molar-refractivity contribution in [2.45, 2.75) is 75.4 Å². The van der Waals surface area contributed by atoms with Crippen molar-refractivity contribution >= 4 is 33.1 Å². The lowest BCUT2D eigenvalue weighted by atomic mass is 9.86. The van der Waals surface area contributed by atoms with Crippen molar-refractivity contribution < 1.29 is 39.8 Å². The van der Waals surface area contributed by atoms with Crippen molar-refractivity contribution in [3.05, 3.63) is 94.3 Å². The van der Waals surface area contributed by atoms with Gasteiger partial charge in [0.15, 0.2) is 29.0 Å². The molecule has 13 nitrogen and oxygen atoms in total. The van der Waals surface area contributed by atoms with Gasteiger partial charge in [0.05, 0.1) is 16.6 Å². The van der Waals surface area contributed by atoms with Crippen LogP contribution in [0.3, 0.4) is 0 Å². The van der Waals surface area contributed by atoms with Gasteiger partial charge in [-0.25, -0.2) is 27.5 Å². The molecule has 5 aromatic rings. The number of pyridine rings is 1. The van der Waals surface area contributed by atoms with Gasteiger partial charge in [-0.3, -0.25) is 9.35 Å². The fourth-order valence-electron chi connectivity index (χ4n) is 6.53. The molecule has 3 N–H and O–H groups in total. The van der Waals surface area contributed by atoms with Crippen LogP contribution in [0.15, 0.2) is 52.0 Å². The highest BCUT2D eigenvalue weighted by Crippen LogP contribution is 2.34. The maximum atomic E-state index is 15.8. The number of benzene rings is 2. The van der Waals surface area contributed by atoms with Gasteiger partial charge in [0.2, 0.25) is 0 Å². The molecule has 0 bridgehead atoms. The van der Waals surface area contributed by atoms with Gasteiger partial charge in [-0.15, -0.1) is 0 Å². The maximum absolute atomic E-state index is 15.8. The average molecular weight is 759 g/mol. The number of aryl methyl sites for hydroxylation is 1. The zero-order valence-corrected chi connectivity index (χ0v) is 30.1. The molecule has 7 rings (SSSR count). The van der Waals surface area contributed by atoms with Crippen molar-refractivity contribution in [2.75, 3.05) is 25.0 Å². The highest BCUT2D eigenvalue weighted by atomic mass is 32.2. The van der Waals surface area contributed by atoms with Gasteiger partial charge in [0.25, 0.3) is 16.0 Å². The minimum Gasteiger partial charge on any atom is -0.337 e. The Morgan fingerprint density at radius 2 is 1.70 bits per heavy atom. The Hall–Kier alpha value is -4.94. The molecule has 2 aliphatic heterocycles. The van der Waals surface area contributed by atoms with Gasteiger partial charge in [-0.2, -0.15) is 13.4 Å².